The van der Waals surface area contributed by atoms with Crippen LogP contribution in [0.4, 0.5) is 0 Å². The van der Waals surface area contributed by atoms with E-state index >= 15 is 0 Å². The quantitative estimate of drug-likeness (QED) is 0.863. The van der Waals surface area contributed by atoms with Crippen molar-refractivity contribution in [3.05, 3.63) is 22.4 Å². The van der Waals surface area contributed by atoms with Crippen LogP contribution in [0, 0.1) is 5.92 Å². The summed E-state index contributed by atoms with van der Waals surface area (Å²) in [4.78, 5) is 13.3. The van der Waals surface area contributed by atoms with Crippen molar-refractivity contribution in [1.29, 1.82) is 0 Å². The minimum absolute atomic E-state index is 0.0305. The largest absolute Gasteiger partial charge is 0.352 e. The SMILES string of the molecule is CC(C(=O)NC1CCNCC1C)c1cccs1. The second-order valence-electron chi connectivity index (χ2n) is 4.82. The summed E-state index contributed by atoms with van der Waals surface area (Å²) >= 11 is 1.65. The lowest BCUT2D eigenvalue weighted by Gasteiger charge is -2.31. The van der Waals surface area contributed by atoms with Crippen LogP contribution in [0.25, 0.3) is 0 Å². The van der Waals surface area contributed by atoms with Gasteiger partial charge >= 0.3 is 0 Å². The molecule has 1 fully saturated rings. The first-order chi connectivity index (χ1) is 8.18. The molecule has 3 atom stereocenters. The van der Waals surface area contributed by atoms with Gasteiger partial charge in [0.05, 0.1) is 5.92 Å². The normalized spacial score (nSPS) is 26.5. The van der Waals surface area contributed by atoms with Crippen LogP contribution in [0.15, 0.2) is 17.5 Å². The van der Waals surface area contributed by atoms with Gasteiger partial charge in [0.15, 0.2) is 0 Å². The molecule has 17 heavy (non-hydrogen) atoms. The zero-order chi connectivity index (χ0) is 12.3. The van der Waals surface area contributed by atoms with E-state index in [1.807, 2.05) is 24.4 Å². The molecule has 2 heterocycles. The van der Waals surface area contributed by atoms with Crippen molar-refractivity contribution in [3.8, 4) is 0 Å². The fourth-order valence-corrected chi connectivity index (χ4v) is 2.99. The van der Waals surface area contributed by atoms with Crippen LogP contribution < -0.4 is 10.6 Å². The first-order valence-electron chi connectivity index (χ1n) is 6.23. The molecule has 1 aliphatic rings. The second kappa shape index (κ2) is 5.65. The predicted molar refractivity (Wildman–Crippen MR) is 71.3 cm³/mol. The van der Waals surface area contributed by atoms with E-state index in [4.69, 9.17) is 0 Å². The van der Waals surface area contributed by atoms with E-state index < -0.39 is 0 Å². The fraction of sp³-hybridized carbons (Fsp3) is 0.615. The van der Waals surface area contributed by atoms with E-state index in [2.05, 4.69) is 17.6 Å². The Morgan fingerprint density at radius 3 is 3.12 bits per heavy atom. The maximum atomic E-state index is 12.1. The Balaban J connectivity index is 1.92. The van der Waals surface area contributed by atoms with Crippen LogP contribution >= 0.6 is 11.3 Å². The van der Waals surface area contributed by atoms with Gasteiger partial charge in [-0.3, -0.25) is 4.79 Å². The second-order valence-corrected chi connectivity index (χ2v) is 5.80. The van der Waals surface area contributed by atoms with Gasteiger partial charge in [0.1, 0.15) is 0 Å². The number of rotatable bonds is 3. The zero-order valence-electron chi connectivity index (χ0n) is 10.4. The van der Waals surface area contributed by atoms with Crippen molar-refractivity contribution >= 4 is 17.2 Å². The molecule has 3 nitrogen and oxygen atoms in total. The molecule has 2 rings (SSSR count). The summed E-state index contributed by atoms with van der Waals surface area (Å²) in [6, 6.07) is 4.35. The molecule has 3 unspecified atom stereocenters. The summed E-state index contributed by atoms with van der Waals surface area (Å²) < 4.78 is 0. The van der Waals surface area contributed by atoms with E-state index in [9.17, 15) is 4.79 Å². The van der Waals surface area contributed by atoms with Gasteiger partial charge < -0.3 is 10.6 Å². The van der Waals surface area contributed by atoms with Crippen molar-refractivity contribution in [1.82, 2.24) is 10.6 Å². The Kier molecular flexibility index (Phi) is 4.18. The predicted octanol–water partition coefficient (Wildman–Crippen LogP) is 1.97. The molecule has 1 aromatic rings. The molecule has 0 bridgehead atoms. The topological polar surface area (TPSA) is 41.1 Å². The summed E-state index contributed by atoms with van der Waals surface area (Å²) in [6.07, 6.45) is 1.03. The highest BCUT2D eigenvalue weighted by Gasteiger charge is 2.25. The number of carbonyl (C=O) groups is 1. The summed E-state index contributed by atoms with van der Waals surface area (Å²) in [5, 5.41) is 8.55. The lowest BCUT2D eigenvalue weighted by molar-refractivity contribution is -0.123. The minimum atomic E-state index is -0.0305. The van der Waals surface area contributed by atoms with Crippen molar-refractivity contribution < 1.29 is 4.79 Å². The van der Waals surface area contributed by atoms with Crippen LogP contribution in [-0.4, -0.2) is 25.0 Å². The Hall–Kier alpha value is -0.870. The van der Waals surface area contributed by atoms with Crippen molar-refractivity contribution in [2.75, 3.05) is 13.1 Å². The summed E-state index contributed by atoms with van der Waals surface area (Å²) in [5.41, 5.74) is 0. The van der Waals surface area contributed by atoms with Gasteiger partial charge in [-0.05, 0) is 43.8 Å². The maximum absolute atomic E-state index is 12.1. The molecule has 0 radical (unpaired) electrons. The molecule has 0 aromatic carbocycles. The average Bonchev–Trinajstić information content (AvgIpc) is 2.84. The van der Waals surface area contributed by atoms with Gasteiger partial charge in [0, 0.05) is 10.9 Å². The number of piperidine rings is 1. The third-order valence-corrected chi connectivity index (χ3v) is 4.53. The Bertz CT molecular complexity index is 364. The van der Waals surface area contributed by atoms with Crippen LogP contribution in [0.2, 0.25) is 0 Å². The van der Waals surface area contributed by atoms with E-state index in [-0.39, 0.29) is 11.8 Å². The number of hydrogen-bond donors (Lipinski definition) is 2. The lowest BCUT2D eigenvalue weighted by atomic mass is 9.94. The van der Waals surface area contributed by atoms with Crippen LogP contribution in [-0.2, 0) is 4.79 Å². The van der Waals surface area contributed by atoms with E-state index in [1.165, 1.54) is 0 Å². The third kappa shape index (κ3) is 3.07. The molecule has 4 heteroatoms. The van der Waals surface area contributed by atoms with Gasteiger partial charge in [0.25, 0.3) is 0 Å². The molecule has 1 aromatic heterocycles. The summed E-state index contributed by atoms with van der Waals surface area (Å²) in [6.45, 7) is 6.17. The van der Waals surface area contributed by atoms with Gasteiger partial charge in [-0.15, -0.1) is 11.3 Å². The summed E-state index contributed by atoms with van der Waals surface area (Å²) in [5.74, 6) is 0.645. The van der Waals surface area contributed by atoms with Crippen molar-refractivity contribution in [2.24, 2.45) is 5.92 Å². The Morgan fingerprint density at radius 1 is 1.65 bits per heavy atom. The Morgan fingerprint density at radius 2 is 2.47 bits per heavy atom. The van der Waals surface area contributed by atoms with Gasteiger partial charge in [-0.2, -0.15) is 0 Å². The number of carbonyl (C=O) groups excluding carboxylic acids is 1. The van der Waals surface area contributed by atoms with Gasteiger partial charge in [0.2, 0.25) is 5.91 Å². The zero-order valence-corrected chi connectivity index (χ0v) is 11.2. The first-order valence-corrected chi connectivity index (χ1v) is 7.11. The number of thiophene rings is 1. The monoisotopic (exact) mass is 252 g/mol. The lowest BCUT2D eigenvalue weighted by Crippen LogP contribution is -2.49. The smallest absolute Gasteiger partial charge is 0.228 e. The number of nitrogens with one attached hydrogen (secondary N) is 2. The maximum Gasteiger partial charge on any atom is 0.228 e. The Labute approximate surface area is 107 Å². The number of amides is 1. The van der Waals surface area contributed by atoms with E-state index in [1.54, 1.807) is 11.3 Å². The number of hydrogen-bond acceptors (Lipinski definition) is 3. The standard InChI is InChI=1S/C13H20N2OS/c1-9-8-14-6-5-11(9)15-13(16)10(2)12-4-3-7-17-12/h3-4,7,9-11,14H,5-6,8H2,1-2H3,(H,15,16). The highest BCUT2D eigenvalue weighted by molar-refractivity contribution is 7.10. The average molecular weight is 252 g/mol. The molecule has 94 valence electrons. The van der Waals surface area contributed by atoms with E-state index in [0.717, 1.165) is 24.4 Å². The minimum Gasteiger partial charge on any atom is -0.352 e. The molecule has 0 aliphatic carbocycles. The van der Waals surface area contributed by atoms with Gasteiger partial charge in [-0.25, -0.2) is 0 Å². The third-order valence-electron chi connectivity index (χ3n) is 3.48. The molecule has 0 spiro atoms. The van der Waals surface area contributed by atoms with Gasteiger partial charge in [-0.1, -0.05) is 13.0 Å². The first kappa shape index (κ1) is 12.6. The highest BCUT2D eigenvalue weighted by atomic mass is 32.1. The summed E-state index contributed by atoms with van der Waals surface area (Å²) in [7, 11) is 0. The molecule has 2 N–H and O–H groups in total. The molecule has 1 aliphatic heterocycles. The van der Waals surface area contributed by atoms with Crippen LogP contribution in [0.5, 0.6) is 0 Å². The molecular weight excluding hydrogens is 232 g/mol. The molecule has 1 saturated heterocycles. The fourth-order valence-electron chi connectivity index (χ4n) is 2.20. The molecule has 1 amide bonds. The van der Waals surface area contributed by atoms with Crippen molar-refractivity contribution in [2.45, 2.75) is 32.2 Å². The van der Waals surface area contributed by atoms with Crippen LogP contribution in [0.3, 0.4) is 0 Å². The van der Waals surface area contributed by atoms with Crippen LogP contribution in [0.1, 0.15) is 31.1 Å². The van der Waals surface area contributed by atoms with Crippen molar-refractivity contribution in [3.63, 3.8) is 0 Å². The highest BCUT2D eigenvalue weighted by Crippen LogP contribution is 2.21. The van der Waals surface area contributed by atoms with E-state index in [0.29, 0.717) is 12.0 Å². The molecule has 0 saturated carbocycles. The molecular formula is C13H20N2OS.